The molecule has 3 heteroatoms. The predicted octanol–water partition coefficient (Wildman–Crippen LogP) is 1.09. The van der Waals surface area contributed by atoms with E-state index in [4.69, 9.17) is 10.2 Å². The van der Waals surface area contributed by atoms with E-state index in [-0.39, 0.29) is 11.3 Å². The standard InChI is InChI=1S/C6H8O3/c1-4(6(8)9)3-5(2)7/h3,7H,2H2,1H3,(H,8,9)/b4-3-. The molecule has 0 saturated carbocycles. The Balaban J connectivity index is 4.17. The monoisotopic (exact) mass is 128 g/mol. The highest BCUT2D eigenvalue weighted by Gasteiger charge is 1.97. The van der Waals surface area contributed by atoms with Crippen LogP contribution in [0.4, 0.5) is 0 Å². The number of aliphatic carboxylic acids is 1. The molecule has 0 aliphatic heterocycles. The minimum Gasteiger partial charge on any atom is -0.509 e. The van der Waals surface area contributed by atoms with Crippen LogP contribution in [0.2, 0.25) is 0 Å². The molecule has 0 heterocycles. The van der Waals surface area contributed by atoms with Gasteiger partial charge in [0.05, 0.1) is 0 Å². The van der Waals surface area contributed by atoms with E-state index in [2.05, 4.69) is 6.58 Å². The Morgan fingerprint density at radius 1 is 1.56 bits per heavy atom. The summed E-state index contributed by atoms with van der Waals surface area (Å²) in [4.78, 5) is 10.0. The molecule has 0 atom stereocenters. The number of hydrogen-bond donors (Lipinski definition) is 2. The van der Waals surface area contributed by atoms with E-state index in [1.165, 1.54) is 6.92 Å². The van der Waals surface area contributed by atoms with Crippen LogP contribution < -0.4 is 0 Å². The van der Waals surface area contributed by atoms with Crippen molar-refractivity contribution in [2.24, 2.45) is 0 Å². The first kappa shape index (κ1) is 7.75. The molecule has 0 aliphatic carbocycles. The number of hydrogen-bond acceptors (Lipinski definition) is 2. The van der Waals surface area contributed by atoms with Crippen molar-refractivity contribution in [1.82, 2.24) is 0 Å². The molecule has 0 bridgehead atoms. The molecule has 0 aromatic rings. The first-order chi connectivity index (χ1) is 4.04. The summed E-state index contributed by atoms with van der Waals surface area (Å²) in [7, 11) is 0. The second kappa shape index (κ2) is 2.91. The van der Waals surface area contributed by atoms with E-state index >= 15 is 0 Å². The number of aliphatic hydroxyl groups excluding tert-OH is 1. The van der Waals surface area contributed by atoms with Crippen molar-refractivity contribution in [1.29, 1.82) is 0 Å². The van der Waals surface area contributed by atoms with Crippen LogP contribution >= 0.6 is 0 Å². The Morgan fingerprint density at radius 2 is 2.00 bits per heavy atom. The first-order valence-corrected chi connectivity index (χ1v) is 2.33. The Bertz CT molecular complexity index is 167. The quantitative estimate of drug-likeness (QED) is 0.332. The van der Waals surface area contributed by atoms with Gasteiger partial charge in [0.15, 0.2) is 0 Å². The van der Waals surface area contributed by atoms with Crippen LogP contribution in [0.15, 0.2) is 24.0 Å². The lowest BCUT2D eigenvalue weighted by Gasteiger charge is -1.89. The number of carboxylic acid groups (broad SMARTS) is 1. The second-order valence-corrected chi connectivity index (χ2v) is 1.62. The average Bonchev–Trinajstić information content (AvgIpc) is 1.63. The number of allylic oxidation sites excluding steroid dienone is 1. The summed E-state index contributed by atoms with van der Waals surface area (Å²) in [6, 6.07) is 0. The third kappa shape index (κ3) is 3.34. The molecule has 2 N–H and O–H groups in total. The zero-order valence-corrected chi connectivity index (χ0v) is 5.09. The van der Waals surface area contributed by atoms with Gasteiger partial charge in [-0.15, -0.1) is 0 Å². The van der Waals surface area contributed by atoms with Crippen LogP contribution in [-0.4, -0.2) is 16.2 Å². The van der Waals surface area contributed by atoms with Gasteiger partial charge in [-0.05, 0) is 13.0 Å². The number of carboxylic acids is 1. The van der Waals surface area contributed by atoms with E-state index in [0.29, 0.717) is 0 Å². The number of aliphatic hydroxyl groups is 1. The van der Waals surface area contributed by atoms with Crippen molar-refractivity contribution >= 4 is 5.97 Å². The summed E-state index contributed by atoms with van der Waals surface area (Å²) in [5, 5.41) is 16.6. The van der Waals surface area contributed by atoms with Crippen LogP contribution in [0.25, 0.3) is 0 Å². The normalized spacial score (nSPS) is 11.0. The molecule has 3 nitrogen and oxygen atoms in total. The van der Waals surface area contributed by atoms with Crippen molar-refractivity contribution in [3.05, 3.63) is 24.0 Å². The molecular formula is C6H8O3. The van der Waals surface area contributed by atoms with E-state index in [1.54, 1.807) is 0 Å². The van der Waals surface area contributed by atoms with Gasteiger partial charge in [0.1, 0.15) is 5.76 Å². The molecule has 0 aliphatic rings. The van der Waals surface area contributed by atoms with Gasteiger partial charge < -0.3 is 10.2 Å². The molecular weight excluding hydrogens is 120 g/mol. The van der Waals surface area contributed by atoms with Crippen molar-refractivity contribution in [2.45, 2.75) is 6.92 Å². The Kier molecular flexibility index (Phi) is 2.51. The number of rotatable bonds is 2. The maximum absolute atomic E-state index is 10.0. The lowest BCUT2D eigenvalue weighted by Crippen LogP contribution is -1.95. The average molecular weight is 128 g/mol. The maximum atomic E-state index is 10.0. The number of carbonyl (C=O) groups is 1. The van der Waals surface area contributed by atoms with Gasteiger partial charge >= 0.3 is 5.97 Å². The lowest BCUT2D eigenvalue weighted by molar-refractivity contribution is -0.132. The van der Waals surface area contributed by atoms with Crippen LogP contribution in [-0.2, 0) is 4.79 Å². The third-order valence-corrected chi connectivity index (χ3v) is 0.720. The molecule has 50 valence electrons. The molecule has 0 radical (unpaired) electrons. The van der Waals surface area contributed by atoms with Crippen molar-refractivity contribution in [3.63, 3.8) is 0 Å². The zero-order valence-electron chi connectivity index (χ0n) is 5.09. The van der Waals surface area contributed by atoms with Gasteiger partial charge in [-0.3, -0.25) is 0 Å². The lowest BCUT2D eigenvalue weighted by atomic mass is 10.3. The van der Waals surface area contributed by atoms with E-state index in [0.717, 1.165) is 6.08 Å². The molecule has 0 aromatic carbocycles. The summed E-state index contributed by atoms with van der Waals surface area (Å²) < 4.78 is 0. The fourth-order valence-electron chi connectivity index (χ4n) is 0.312. The topological polar surface area (TPSA) is 57.5 Å². The fraction of sp³-hybridized carbons (Fsp3) is 0.167. The maximum Gasteiger partial charge on any atom is 0.331 e. The Hall–Kier alpha value is -1.25. The van der Waals surface area contributed by atoms with Crippen LogP contribution in [0.3, 0.4) is 0 Å². The van der Waals surface area contributed by atoms with Crippen LogP contribution in [0.1, 0.15) is 6.92 Å². The fourth-order valence-corrected chi connectivity index (χ4v) is 0.312. The summed E-state index contributed by atoms with van der Waals surface area (Å²) in [5.41, 5.74) is 0.0718. The molecule has 0 spiro atoms. The molecule has 0 saturated heterocycles. The third-order valence-electron chi connectivity index (χ3n) is 0.720. The Labute approximate surface area is 52.9 Å². The van der Waals surface area contributed by atoms with Gasteiger partial charge in [0.2, 0.25) is 0 Å². The van der Waals surface area contributed by atoms with Gasteiger partial charge in [-0.1, -0.05) is 6.58 Å². The summed E-state index contributed by atoms with van der Waals surface area (Å²) in [6.07, 6.45) is 1.09. The van der Waals surface area contributed by atoms with Gasteiger partial charge in [0.25, 0.3) is 0 Å². The van der Waals surface area contributed by atoms with Crippen molar-refractivity contribution in [2.75, 3.05) is 0 Å². The van der Waals surface area contributed by atoms with Crippen molar-refractivity contribution in [3.8, 4) is 0 Å². The van der Waals surface area contributed by atoms with Crippen LogP contribution in [0.5, 0.6) is 0 Å². The highest BCUT2D eigenvalue weighted by molar-refractivity contribution is 5.86. The smallest absolute Gasteiger partial charge is 0.331 e. The molecule has 0 amide bonds. The first-order valence-electron chi connectivity index (χ1n) is 2.33. The van der Waals surface area contributed by atoms with Gasteiger partial charge in [0, 0.05) is 5.57 Å². The summed E-state index contributed by atoms with van der Waals surface area (Å²) in [6.45, 7) is 4.47. The minimum absolute atomic E-state index is 0.0718. The summed E-state index contributed by atoms with van der Waals surface area (Å²) in [5.74, 6) is -1.29. The highest BCUT2D eigenvalue weighted by Crippen LogP contribution is 1.95. The van der Waals surface area contributed by atoms with E-state index in [1.807, 2.05) is 0 Å². The molecule has 0 fully saturated rings. The summed E-state index contributed by atoms with van der Waals surface area (Å²) >= 11 is 0. The largest absolute Gasteiger partial charge is 0.509 e. The molecule has 9 heavy (non-hydrogen) atoms. The van der Waals surface area contributed by atoms with Crippen LogP contribution in [0, 0.1) is 0 Å². The molecule has 0 unspecified atom stereocenters. The highest BCUT2D eigenvalue weighted by atomic mass is 16.4. The molecule has 0 rings (SSSR count). The van der Waals surface area contributed by atoms with Gasteiger partial charge in [-0.2, -0.15) is 0 Å². The second-order valence-electron chi connectivity index (χ2n) is 1.62. The van der Waals surface area contributed by atoms with E-state index < -0.39 is 5.97 Å². The minimum atomic E-state index is -1.05. The van der Waals surface area contributed by atoms with Crippen molar-refractivity contribution < 1.29 is 15.0 Å². The van der Waals surface area contributed by atoms with Gasteiger partial charge in [-0.25, -0.2) is 4.79 Å². The predicted molar refractivity (Wildman–Crippen MR) is 33.2 cm³/mol. The SMILES string of the molecule is C=C(O)/C=C(/C)C(=O)O. The Morgan fingerprint density at radius 3 is 2.11 bits per heavy atom. The molecule has 0 aromatic heterocycles. The zero-order chi connectivity index (χ0) is 7.44. The van der Waals surface area contributed by atoms with E-state index in [9.17, 15) is 4.79 Å².